The molecule has 0 radical (unpaired) electrons. The fraction of sp³-hybridized carbons (Fsp3) is 0.900. The molecule has 1 fully saturated rings. The standard InChI is InChI=1S/C10H19NO2S/c1-3-14-7-6-9(10(12)13-2)11-8-4-5-8/h8-9,11H,3-7H2,1-2H3. The molecule has 1 unspecified atom stereocenters. The summed E-state index contributed by atoms with van der Waals surface area (Å²) in [7, 11) is 1.46. The molecule has 4 heteroatoms. The molecule has 82 valence electrons. The fourth-order valence-corrected chi connectivity index (χ4v) is 1.98. The quantitative estimate of drug-likeness (QED) is 0.517. The van der Waals surface area contributed by atoms with Crippen molar-refractivity contribution in [1.82, 2.24) is 5.32 Å². The average Bonchev–Trinajstić information content (AvgIpc) is 2.99. The number of hydrogen-bond donors (Lipinski definition) is 1. The maximum Gasteiger partial charge on any atom is 0.322 e. The number of carbonyl (C=O) groups excluding carboxylic acids is 1. The second-order valence-electron chi connectivity index (χ2n) is 3.50. The highest BCUT2D eigenvalue weighted by Gasteiger charge is 2.28. The minimum absolute atomic E-state index is 0.0912. The van der Waals surface area contributed by atoms with Gasteiger partial charge in [-0.25, -0.2) is 0 Å². The van der Waals surface area contributed by atoms with Crippen molar-refractivity contribution >= 4 is 17.7 Å². The first-order valence-electron chi connectivity index (χ1n) is 5.19. The minimum Gasteiger partial charge on any atom is -0.468 e. The summed E-state index contributed by atoms with van der Waals surface area (Å²) in [6.45, 7) is 2.13. The van der Waals surface area contributed by atoms with Crippen molar-refractivity contribution in [2.45, 2.75) is 38.3 Å². The molecule has 0 bridgehead atoms. The molecule has 0 heterocycles. The van der Waals surface area contributed by atoms with Crippen LogP contribution >= 0.6 is 11.8 Å². The van der Waals surface area contributed by atoms with Crippen molar-refractivity contribution in [2.24, 2.45) is 0 Å². The van der Waals surface area contributed by atoms with Crippen molar-refractivity contribution in [2.75, 3.05) is 18.6 Å². The third-order valence-corrected chi connectivity index (χ3v) is 3.19. The molecular weight excluding hydrogens is 198 g/mol. The third-order valence-electron chi connectivity index (χ3n) is 2.25. The molecule has 0 aromatic heterocycles. The molecule has 1 aliphatic carbocycles. The van der Waals surface area contributed by atoms with E-state index in [0.29, 0.717) is 6.04 Å². The van der Waals surface area contributed by atoms with Gasteiger partial charge in [0.15, 0.2) is 0 Å². The highest BCUT2D eigenvalue weighted by atomic mass is 32.2. The van der Waals surface area contributed by atoms with Crippen molar-refractivity contribution in [3.05, 3.63) is 0 Å². The largest absolute Gasteiger partial charge is 0.468 e. The smallest absolute Gasteiger partial charge is 0.322 e. The molecule has 1 atom stereocenters. The van der Waals surface area contributed by atoms with Crippen LogP contribution in [0.2, 0.25) is 0 Å². The van der Waals surface area contributed by atoms with Crippen LogP contribution in [0, 0.1) is 0 Å². The number of esters is 1. The Morgan fingerprint density at radius 3 is 2.86 bits per heavy atom. The monoisotopic (exact) mass is 217 g/mol. The van der Waals surface area contributed by atoms with Gasteiger partial charge in [-0.15, -0.1) is 0 Å². The minimum atomic E-state index is -0.117. The highest BCUT2D eigenvalue weighted by Crippen LogP contribution is 2.20. The molecule has 1 N–H and O–H groups in total. The van der Waals surface area contributed by atoms with Crippen LogP contribution in [0.15, 0.2) is 0 Å². The van der Waals surface area contributed by atoms with Gasteiger partial charge in [-0.1, -0.05) is 6.92 Å². The van der Waals surface area contributed by atoms with Crippen LogP contribution in [0.1, 0.15) is 26.2 Å². The van der Waals surface area contributed by atoms with Gasteiger partial charge in [0, 0.05) is 6.04 Å². The Labute approximate surface area is 90.0 Å². The summed E-state index contributed by atoms with van der Waals surface area (Å²) in [5, 5.41) is 3.31. The fourth-order valence-electron chi connectivity index (χ4n) is 1.29. The lowest BCUT2D eigenvalue weighted by molar-refractivity contribution is -0.143. The van der Waals surface area contributed by atoms with Crippen molar-refractivity contribution < 1.29 is 9.53 Å². The lowest BCUT2D eigenvalue weighted by Crippen LogP contribution is -2.39. The predicted molar refractivity (Wildman–Crippen MR) is 59.6 cm³/mol. The average molecular weight is 217 g/mol. The first-order valence-corrected chi connectivity index (χ1v) is 6.35. The first-order chi connectivity index (χ1) is 6.77. The number of ether oxygens (including phenoxy) is 1. The Kier molecular flexibility index (Phi) is 5.33. The van der Waals surface area contributed by atoms with E-state index in [2.05, 4.69) is 12.2 Å². The second-order valence-corrected chi connectivity index (χ2v) is 4.90. The van der Waals surface area contributed by atoms with Crippen molar-refractivity contribution in [1.29, 1.82) is 0 Å². The molecule has 0 spiro atoms. The molecular formula is C10H19NO2S. The van der Waals surface area contributed by atoms with Gasteiger partial charge in [0.2, 0.25) is 0 Å². The Morgan fingerprint density at radius 2 is 2.36 bits per heavy atom. The summed E-state index contributed by atoms with van der Waals surface area (Å²) in [4.78, 5) is 11.4. The van der Waals surface area contributed by atoms with Crippen LogP contribution in [0.3, 0.4) is 0 Å². The van der Waals surface area contributed by atoms with E-state index in [4.69, 9.17) is 4.74 Å². The molecule has 0 saturated heterocycles. The van der Waals surface area contributed by atoms with Gasteiger partial charge in [-0.3, -0.25) is 4.79 Å². The third kappa shape index (κ3) is 4.33. The predicted octanol–water partition coefficient (Wildman–Crippen LogP) is 1.42. The summed E-state index contributed by atoms with van der Waals surface area (Å²) >= 11 is 1.86. The van der Waals surface area contributed by atoms with E-state index < -0.39 is 0 Å². The Bertz CT molecular complexity index is 183. The van der Waals surface area contributed by atoms with Crippen molar-refractivity contribution in [3.8, 4) is 0 Å². The number of nitrogens with one attached hydrogen (secondary N) is 1. The van der Waals surface area contributed by atoms with E-state index >= 15 is 0 Å². The molecule has 1 aliphatic rings. The zero-order valence-electron chi connectivity index (χ0n) is 8.91. The number of carbonyl (C=O) groups is 1. The van der Waals surface area contributed by atoms with Gasteiger partial charge in [-0.2, -0.15) is 11.8 Å². The summed E-state index contributed by atoms with van der Waals surface area (Å²) in [6.07, 6.45) is 3.28. The van der Waals surface area contributed by atoms with Crippen LogP contribution in [0.25, 0.3) is 0 Å². The zero-order valence-corrected chi connectivity index (χ0v) is 9.73. The van der Waals surface area contributed by atoms with Crippen molar-refractivity contribution in [3.63, 3.8) is 0 Å². The molecule has 0 aromatic rings. The molecule has 0 aromatic carbocycles. The maximum absolute atomic E-state index is 11.4. The number of hydrogen-bond acceptors (Lipinski definition) is 4. The summed E-state index contributed by atoms with van der Waals surface area (Å²) in [6, 6.07) is 0.470. The lowest BCUT2D eigenvalue weighted by atomic mass is 10.2. The molecule has 14 heavy (non-hydrogen) atoms. The number of thioether (sulfide) groups is 1. The van der Waals surface area contributed by atoms with E-state index in [1.54, 1.807) is 0 Å². The lowest BCUT2D eigenvalue weighted by Gasteiger charge is -2.15. The van der Waals surface area contributed by atoms with Crippen LogP contribution in [-0.2, 0) is 9.53 Å². The van der Waals surface area contributed by atoms with Gasteiger partial charge >= 0.3 is 5.97 Å². The van der Waals surface area contributed by atoms with E-state index in [-0.39, 0.29) is 12.0 Å². The van der Waals surface area contributed by atoms with Gasteiger partial charge in [0.25, 0.3) is 0 Å². The highest BCUT2D eigenvalue weighted by molar-refractivity contribution is 7.99. The molecule has 1 saturated carbocycles. The van der Waals surface area contributed by atoms with Crippen LogP contribution in [0.5, 0.6) is 0 Å². The van der Waals surface area contributed by atoms with E-state index in [1.807, 2.05) is 11.8 Å². The summed E-state index contributed by atoms with van der Waals surface area (Å²) in [5.74, 6) is 2.02. The summed E-state index contributed by atoms with van der Waals surface area (Å²) in [5.41, 5.74) is 0. The van der Waals surface area contributed by atoms with Gasteiger partial charge in [-0.05, 0) is 30.8 Å². The molecule has 0 aliphatic heterocycles. The van der Waals surface area contributed by atoms with E-state index in [0.717, 1.165) is 17.9 Å². The zero-order chi connectivity index (χ0) is 10.4. The van der Waals surface area contributed by atoms with Crippen LogP contribution in [0.4, 0.5) is 0 Å². The summed E-state index contributed by atoms with van der Waals surface area (Å²) < 4.78 is 4.76. The molecule has 3 nitrogen and oxygen atoms in total. The topological polar surface area (TPSA) is 38.3 Å². The van der Waals surface area contributed by atoms with Crippen LogP contribution < -0.4 is 5.32 Å². The molecule has 1 rings (SSSR count). The van der Waals surface area contributed by atoms with Gasteiger partial charge in [0.1, 0.15) is 6.04 Å². The Balaban J connectivity index is 2.23. The van der Waals surface area contributed by atoms with Crippen LogP contribution in [-0.4, -0.2) is 36.7 Å². The molecule has 0 amide bonds. The Morgan fingerprint density at radius 1 is 1.64 bits per heavy atom. The normalized spacial score (nSPS) is 17.9. The SMILES string of the molecule is CCSCCC(NC1CC1)C(=O)OC. The Hall–Kier alpha value is -0.220. The van der Waals surface area contributed by atoms with E-state index in [9.17, 15) is 4.79 Å². The van der Waals surface area contributed by atoms with Gasteiger partial charge < -0.3 is 10.1 Å². The number of rotatable bonds is 7. The van der Waals surface area contributed by atoms with E-state index in [1.165, 1.54) is 20.0 Å². The van der Waals surface area contributed by atoms with Gasteiger partial charge in [0.05, 0.1) is 7.11 Å². The first kappa shape index (κ1) is 11.9. The second kappa shape index (κ2) is 6.30. The maximum atomic E-state index is 11.4. The number of methoxy groups -OCH3 is 1.